The summed E-state index contributed by atoms with van der Waals surface area (Å²) >= 11 is 5.28. The average molecular weight is 279 g/mol. The van der Waals surface area contributed by atoms with E-state index in [1.165, 1.54) is 25.0 Å². The molecule has 2 fully saturated rings. The van der Waals surface area contributed by atoms with Gasteiger partial charge in [-0.1, -0.05) is 19.1 Å². The van der Waals surface area contributed by atoms with Gasteiger partial charge in [0.05, 0.1) is 6.61 Å². The van der Waals surface area contributed by atoms with Gasteiger partial charge in [0.15, 0.2) is 0 Å². The van der Waals surface area contributed by atoms with Gasteiger partial charge in [-0.2, -0.15) is 0 Å². The van der Waals surface area contributed by atoms with Gasteiger partial charge in [-0.3, -0.25) is 4.90 Å². The maximum atomic E-state index is 5.87. The Labute approximate surface area is 119 Å². The molecule has 1 saturated carbocycles. The van der Waals surface area contributed by atoms with Crippen molar-refractivity contribution in [2.24, 2.45) is 0 Å². The molecule has 1 atom stereocenters. The summed E-state index contributed by atoms with van der Waals surface area (Å²) in [5.74, 6) is 1.58. The summed E-state index contributed by atoms with van der Waals surface area (Å²) in [5, 5.41) is 0. The molecule has 104 valence electrons. The highest BCUT2D eigenvalue weighted by molar-refractivity contribution is 7.71. The summed E-state index contributed by atoms with van der Waals surface area (Å²) in [6.07, 6.45) is 3.75. The van der Waals surface area contributed by atoms with Crippen molar-refractivity contribution in [3.63, 3.8) is 0 Å². The van der Waals surface area contributed by atoms with E-state index >= 15 is 0 Å². The SMILES string of the molecule is CCCN1CCOC(c2nc(=S)cc(C3CC3)[nH]2)C1. The van der Waals surface area contributed by atoms with E-state index in [1.54, 1.807) is 0 Å². The summed E-state index contributed by atoms with van der Waals surface area (Å²) in [6, 6.07) is 2.00. The first-order valence-corrected chi connectivity index (χ1v) is 7.62. The maximum Gasteiger partial charge on any atom is 0.138 e. The minimum absolute atomic E-state index is 0.0423. The van der Waals surface area contributed by atoms with Crippen LogP contribution in [0.2, 0.25) is 0 Å². The van der Waals surface area contributed by atoms with Crippen molar-refractivity contribution in [1.29, 1.82) is 0 Å². The lowest BCUT2D eigenvalue weighted by atomic mass is 10.2. The predicted octanol–water partition coefficient (Wildman–Crippen LogP) is 2.80. The minimum atomic E-state index is 0.0423. The Balaban J connectivity index is 1.78. The Bertz CT molecular complexity index is 496. The molecule has 0 aromatic carbocycles. The van der Waals surface area contributed by atoms with Gasteiger partial charge in [-0.05, 0) is 37.8 Å². The smallest absolute Gasteiger partial charge is 0.138 e. The van der Waals surface area contributed by atoms with Crippen molar-refractivity contribution < 1.29 is 4.74 Å². The number of nitrogens with zero attached hydrogens (tertiary/aromatic N) is 2. The average Bonchev–Trinajstić information content (AvgIpc) is 3.23. The fourth-order valence-corrected chi connectivity index (χ4v) is 2.88. The van der Waals surface area contributed by atoms with Crippen LogP contribution in [0.5, 0.6) is 0 Å². The van der Waals surface area contributed by atoms with Crippen LogP contribution in [-0.2, 0) is 4.74 Å². The molecule has 3 rings (SSSR count). The summed E-state index contributed by atoms with van der Waals surface area (Å²) in [5.41, 5.74) is 1.24. The lowest BCUT2D eigenvalue weighted by molar-refractivity contribution is -0.0343. The van der Waals surface area contributed by atoms with Crippen LogP contribution in [0, 0.1) is 4.64 Å². The van der Waals surface area contributed by atoms with Crippen LogP contribution in [0.25, 0.3) is 0 Å². The van der Waals surface area contributed by atoms with Crippen LogP contribution in [0.1, 0.15) is 49.7 Å². The molecular weight excluding hydrogens is 258 g/mol. The predicted molar refractivity (Wildman–Crippen MR) is 76.8 cm³/mol. The molecule has 1 aliphatic heterocycles. The summed E-state index contributed by atoms with van der Waals surface area (Å²) in [6.45, 7) is 6.06. The highest BCUT2D eigenvalue weighted by Crippen LogP contribution is 2.39. The molecule has 2 aliphatic rings. The van der Waals surface area contributed by atoms with E-state index in [1.807, 2.05) is 6.07 Å². The van der Waals surface area contributed by atoms with Crippen molar-refractivity contribution in [2.45, 2.75) is 38.2 Å². The fraction of sp³-hybridized carbons (Fsp3) is 0.714. The van der Waals surface area contributed by atoms with E-state index in [2.05, 4.69) is 21.8 Å². The molecule has 1 N–H and O–H groups in total. The number of H-pyrrole nitrogens is 1. The first-order valence-electron chi connectivity index (χ1n) is 7.21. The van der Waals surface area contributed by atoms with Gasteiger partial charge in [0.25, 0.3) is 0 Å². The lowest BCUT2D eigenvalue weighted by Gasteiger charge is -2.32. The number of nitrogens with one attached hydrogen (secondary N) is 1. The van der Waals surface area contributed by atoms with Gasteiger partial charge in [0, 0.05) is 18.8 Å². The number of rotatable bonds is 4. The molecular formula is C14H21N3OS. The molecule has 2 heterocycles. The molecule has 1 saturated heterocycles. The van der Waals surface area contributed by atoms with E-state index in [0.717, 1.165) is 32.1 Å². The van der Waals surface area contributed by atoms with E-state index < -0.39 is 0 Å². The highest BCUT2D eigenvalue weighted by atomic mass is 32.1. The largest absolute Gasteiger partial charge is 0.368 e. The molecule has 0 radical (unpaired) electrons. The monoisotopic (exact) mass is 279 g/mol. The molecule has 1 aliphatic carbocycles. The third-order valence-electron chi connectivity index (χ3n) is 3.79. The van der Waals surface area contributed by atoms with Gasteiger partial charge in [-0.15, -0.1) is 0 Å². The molecule has 1 unspecified atom stereocenters. The number of aromatic amines is 1. The van der Waals surface area contributed by atoms with Crippen LogP contribution >= 0.6 is 12.2 Å². The second-order valence-electron chi connectivity index (χ2n) is 5.49. The third-order valence-corrected chi connectivity index (χ3v) is 4.00. The number of ether oxygens (including phenoxy) is 1. The van der Waals surface area contributed by atoms with Gasteiger partial charge in [0.1, 0.15) is 16.6 Å². The van der Waals surface area contributed by atoms with Gasteiger partial charge >= 0.3 is 0 Å². The zero-order chi connectivity index (χ0) is 13.2. The van der Waals surface area contributed by atoms with Crippen LogP contribution in [0.15, 0.2) is 6.07 Å². The second-order valence-corrected chi connectivity index (χ2v) is 5.91. The van der Waals surface area contributed by atoms with Crippen molar-refractivity contribution >= 4 is 12.2 Å². The summed E-state index contributed by atoms with van der Waals surface area (Å²) in [4.78, 5) is 10.4. The van der Waals surface area contributed by atoms with Crippen molar-refractivity contribution in [2.75, 3.05) is 26.2 Å². The van der Waals surface area contributed by atoms with Crippen molar-refractivity contribution in [3.05, 3.63) is 22.2 Å². The van der Waals surface area contributed by atoms with Crippen molar-refractivity contribution in [1.82, 2.24) is 14.9 Å². The molecule has 5 heteroatoms. The lowest BCUT2D eigenvalue weighted by Crippen LogP contribution is -2.39. The zero-order valence-electron chi connectivity index (χ0n) is 11.4. The van der Waals surface area contributed by atoms with Crippen LogP contribution in [0.3, 0.4) is 0 Å². The van der Waals surface area contributed by atoms with Gasteiger partial charge in [0.2, 0.25) is 0 Å². The maximum absolute atomic E-state index is 5.87. The van der Waals surface area contributed by atoms with E-state index in [0.29, 0.717) is 10.6 Å². The van der Waals surface area contributed by atoms with Gasteiger partial charge in [-0.25, -0.2) is 4.98 Å². The summed E-state index contributed by atoms with van der Waals surface area (Å²) < 4.78 is 6.56. The number of aromatic nitrogens is 2. The number of morpholine rings is 1. The first kappa shape index (κ1) is 13.2. The summed E-state index contributed by atoms with van der Waals surface area (Å²) in [7, 11) is 0. The minimum Gasteiger partial charge on any atom is -0.368 e. The van der Waals surface area contributed by atoms with E-state index in [9.17, 15) is 0 Å². The molecule has 4 nitrogen and oxygen atoms in total. The molecule has 0 bridgehead atoms. The van der Waals surface area contributed by atoms with Crippen LogP contribution < -0.4 is 0 Å². The number of hydrogen-bond donors (Lipinski definition) is 1. The topological polar surface area (TPSA) is 41.1 Å². The van der Waals surface area contributed by atoms with E-state index in [-0.39, 0.29) is 6.10 Å². The van der Waals surface area contributed by atoms with Crippen LogP contribution in [-0.4, -0.2) is 41.1 Å². The molecule has 1 aromatic rings. The standard InChI is InChI=1S/C14H21N3OS/c1-2-5-17-6-7-18-12(9-17)14-15-11(10-3-4-10)8-13(19)16-14/h8,10,12H,2-7,9H2,1H3,(H,15,16,19). The fourth-order valence-electron chi connectivity index (χ4n) is 2.65. The zero-order valence-corrected chi connectivity index (χ0v) is 12.2. The van der Waals surface area contributed by atoms with E-state index in [4.69, 9.17) is 17.0 Å². The molecule has 1 aromatic heterocycles. The molecule has 0 amide bonds. The molecule has 19 heavy (non-hydrogen) atoms. The van der Waals surface area contributed by atoms with Crippen LogP contribution in [0.4, 0.5) is 0 Å². The normalized spacial score (nSPS) is 24.6. The number of hydrogen-bond acceptors (Lipinski definition) is 4. The Morgan fingerprint density at radius 1 is 1.53 bits per heavy atom. The quantitative estimate of drug-likeness (QED) is 0.861. The molecule has 0 spiro atoms. The first-order chi connectivity index (χ1) is 9.26. The van der Waals surface area contributed by atoms with Crippen molar-refractivity contribution in [3.8, 4) is 0 Å². The Morgan fingerprint density at radius 3 is 3.11 bits per heavy atom. The highest BCUT2D eigenvalue weighted by Gasteiger charge is 2.27. The second kappa shape index (κ2) is 5.69. The Kier molecular flexibility index (Phi) is 3.96. The van der Waals surface area contributed by atoms with Gasteiger partial charge < -0.3 is 9.72 Å². The Morgan fingerprint density at radius 2 is 2.37 bits per heavy atom. The third kappa shape index (κ3) is 3.22. The Hall–Kier alpha value is -0.780.